The first-order valence-electron chi connectivity index (χ1n) is 7.22. The van der Waals surface area contributed by atoms with Crippen molar-refractivity contribution in [3.8, 4) is 0 Å². The molecule has 1 saturated heterocycles. The maximum absolute atomic E-state index is 6.17. The van der Waals surface area contributed by atoms with Gasteiger partial charge in [0, 0.05) is 12.6 Å². The van der Waals surface area contributed by atoms with Gasteiger partial charge in [-0.25, -0.2) is 0 Å². The zero-order valence-electron chi connectivity index (χ0n) is 11.7. The van der Waals surface area contributed by atoms with Gasteiger partial charge in [0.05, 0.1) is 35.2 Å². The van der Waals surface area contributed by atoms with Crippen molar-refractivity contribution in [1.29, 1.82) is 0 Å². The molecule has 3 rings (SSSR count). The lowest BCUT2D eigenvalue weighted by atomic mass is 10.2. The summed E-state index contributed by atoms with van der Waals surface area (Å²) in [5, 5.41) is 8.79. The largest absolute Gasteiger partial charge is 0.372 e. The Hall–Kier alpha value is -0.580. The van der Waals surface area contributed by atoms with E-state index in [1.165, 1.54) is 12.8 Å². The summed E-state index contributed by atoms with van der Waals surface area (Å²) in [6.45, 7) is 5.78. The number of aryl methyl sites for hydroxylation is 1. The molecule has 1 N–H and O–H groups in total. The topological polar surface area (TPSA) is 39.1 Å². The highest BCUT2D eigenvalue weighted by Crippen LogP contribution is 2.25. The van der Waals surface area contributed by atoms with Crippen LogP contribution >= 0.6 is 11.6 Å². The number of aromatic nitrogens is 2. The molecular formula is C14H22ClN3O. The van der Waals surface area contributed by atoms with Gasteiger partial charge in [-0.05, 0) is 39.5 Å². The van der Waals surface area contributed by atoms with Gasteiger partial charge < -0.3 is 10.1 Å². The average molecular weight is 284 g/mol. The lowest BCUT2D eigenvalue weighted by Crippen LogP contribution is -2.29. The fourth-order valence-corrected chi connectivity index (χ4v) is 2.83. The Balaban J connectivity index is 1.51. The normalized spacial score (nSPS) is 27.1. The Morgan fingerprint density at radius 3 is 2.63 bits per heavy atom. The third-order valence-electron chi connectivity index (χ3n) is 4.08. The summed E-state index contributed by atoms with van der Waals surface area (Å²) in [5.41, 5.74) is 1.95. The van der Waals surface area contributed by atoms with Crippen molar-refractivity contribution in [2.75, 3.05) is 6.54 Å². The molecule has 0 spiro atoms. The van der Waals surface area contributed by atoms with Crippen LogP contribution in [0, 0.1) is 13.8 Å². The van der Waals surface area contributed by atoms with E-state index in [1.807, 2.05) is 18.5 Å². The predicted octanol–water partition coefficient (Wildman–Crippen LogP) is 2.45. The van der Waals surface area contributed by atoms with Crippen LogP contribution < -0.4 is 5.32 Å². The van der Waals surface area contributed by atoms with Crippen LogP contribution in [-0.2, 0) is 11.3 Å². The fraction of sp³-hybridized carbons (Fsp3) is 0.786. The molecule has 0 bridgehead atoms. The van der Waals surface area contributed by atoms with Crippen LogP contribution in [0.25, 0.3) is 0 Å². The van der Waals surface area contributed by atoms with E-state index in [-0.39, 0.29) is 6.10 Å². The molecule has 0 amide bonds. The van der Waals surface area contributed by atoms with Crippen molar-refractivity contribution >= 4 is 11.6 Å². The van der Waals surface area contributed by atoms with Crippen LogP contribution in [0.2, 0.25) is 5.02 Å². The van der Waals surface area contributed by atoms with E-state index < -0.39 is 0 Å². The molecule has 19 heavy (non-hydrogen) atoms. The molecule has 1 aromatic rings. The van der Waals surface area contributed by atoms with Crippen molar-refractivity contribution in [3.05, 3.63) is 16.4 Å². The molecule has 4 nitrogen and oxygen atoms in total. The van der Waals surface area contributed by atoms with E-state index in [0.717, 1.165) is 48.4 Å². The van der Waals surface area contributed by atoms with Crippen molar-refractivity contribution < 1.29 is 4.74 Å². The van der Waals surface area contributed by atoms with Crippen LogP contribution in [-0.4, -0.2) is 34.6 Å². The maximum atomic E-state index is 6.17. The fourth-order valence-electron chi connectivity index (χ4n) is 2.70. The molecule has 2 atom stereocenters. The number of hydrogen-bond donors (Lipinski definition) is 1. The van der Waals surface area contributed by atoms with E-state index in [0.29, 0.717) is 6.10 Å². The Morgan fingerprint density at radius 2 is 2.00 bits per heavy atom. The van der Waals surface area contributed by atoms with Crippen molar-refractivity contribution in [2.45, 2.75) is 64.3 Å². The lowest BCUT2D eigenvalue weighted by molar-refractivity contribution is 0.0336. The number of nitrogens with one attached hydrogen (secondary N) is 1. The molecule has 1 aromatic heterocycles. The minimum atomic E-state index is 0.278. The third kappa shape index (κ3) is 3.12. The molecule has 0 radical (unpaired) electrons. The van der Waals surface area contributed by atoms with E-state index >= 15 is 0 Å². The van der Waals surface area contributed by atoms with Gasteiger partial charge in [-0.15, -0.1) is 0 Å². The van der Waals surface area contributed by atoms with Gasteiger partial charge >= 0.3 is 0 Å². The molecule has 2 heterocycles. The van der Waals surface area contributed by atoms with Crippen molar-refractivity contribution in [2.24, 2.45) is 0 Å². The number of hydrogen-bond acceptors (Lipinski definition) is 3. The van der Waals surface area contributed by atoms with E-state index in [4.69, 9.17) is 16.3 Å². The second-order valence-electron chi connectivity index (χ2n) is 5.81. The monoisotopic (exact) mass is 283 g/mol. The summed E-state index contributed by atoms with van der Waals surface area (Å²) in [6, 6.07) is 0.762. The summed E-state index contributed by atoms with van der Waals surface area (Å²) in [6.07, 6.45) is 5.59. The van der Waals surface area contributed by atoms with Gasteiger partial charge in [-0.2, -0.15) is 5.10 Å². The molecule has 106 valence electrons. The Bertz CT molecular complexity index is 456. The highest BCUT2D eigenvalue weighted by atomic mass is 35.5. The molecule has 1 aliphatic carbocycles. The summed E-state index contributed by atoms with van der Waals surface area (Å²) < 4.78 is 8.07. The predicted molar refractivity (Wildman–Crippen MR) is 75.6 cm³/mol. The van der Waals surface area contributed by atoms with Crippen LogP contribution in [0.1, 0.15) is 37.1 Å². The van der Waals surface area contributed by atoms with Crippen LogP contribution in [0.3, 0.4) is 0 Å². The zero-order chi connectivity index (χ0) is 13.4. The first kappa shape index (κ1) is 13.4. The Kier molecular flexibility index (Phi) is 3.83. The molecule has 2 aliphatic rings. The standard InChI is InChI=1S/C14H22ClN3O/c1-9-14(15)10(2)18(17-9)8-13-6-5-12(19-13)7-16-11-3-4-11/h11-13,16H,3-8H2,1-2H3. The summed E-state index contributed by atoms with van der Waals surface area (Å²) in [5.74, 6) is 0. The Morgan fingerprint density at radius 1 is 1.26 bits per heavy atom. The first-order valence-corrected chi connectivity index (χ1v) is 7.59. The highest BCUT2D eigenvalue weighted by Gasteiger charge is 2.28. The quantitative estimate of drug-likeness (QED) is 0.902. The van der Waals surface area contributed by atoms with Gasteiger partial charge in [0.25, 0.3) is 0 Å². The molecule has 0 aromatic carbocycles. The van der Waals surface area contributed by atoms with Crippen molar-refractivity contribution in [1.82, 2.24) is 15.1 Å². The average Bonchev–Trinajstić information content (AvgIpc) is 3.08. The molecule has 2 fully saturated rings. The number of nitrogens with zero attached hydrogens (tertiary/aromatic N) is 2. The maximum Gasteiger partial charge on any atom is 0.0844 e. The molecule has 1 saturated carbocycles. The molecule has 5 heteroatoms. The first-order chi connectivity index (χ1) is 9.13. The second-order valence-corrected chi connectivity index (χ2v) is 6.18. The van der Waals surface area contributed by atoms with E-state index in [1.54, 1.807) is 0 Å². The van der Waals surface area contributed by atoms with Crippen molar-refractivity contribution in [3.63, 3.8) is 0 Å². The number of rotatable bonds is 5. The van der Waals surface area contributed by atoms with Crippen LogP contribution in [0.5, 0.6) is 0 Å². The second kappa shape index (κ2) is 5.43. The molecular weight excluding hydrogens is 262 g/mol. The van der Waals surface area contributed by atoms with Gasteiger partial charge in [-0.3, -0.25) is 4.68 Å². The van der Waals surface area contributed by atoms with Crippen LogP contribution in [0.15, 0.2) is 0 Å². The molecule has 1 aliphatic heterocycles. The summed E-state index contributed by atoms with van der Waals surface area (Å²) in [4.78, 5) is 0. The minimum Gasteiger partial charge on any atom is -0.372 e. The summed E-state index contributed by atoms with van der Waals surface area (Å²) in [7, 11) is 0. The smallest absolute Gasteiger partial charge is 0.0844 e. The third-order valence-corrected chi connectivity index (χ3v) is 4.62. The minimum absolute atomic E-state index is 0.278. The zero-order valence-corrected chi connectivity index (χ0v) is 12.4. The molecule has 2 unspecified atom stereocenters. The number of ether oxygens (including phenoxy) is 1. The number of halogens is 1. The Labute approximate surface area is 119 Å². The van der Waals surface area contributed by atoms with Crippen LogP contribution in [0.4, 0.5) is 0 Å². The van der Waals surface area contributed by atoms with Gasteiger partial charge in [0.15, 0.2) is 0 Å². The van der Waals surface area contributed by atoms with Gasteiger partial charge in [0.2, 0.25) is 0 Å². The summed E-state index contributed by atoms with van der Waals surface area (Å²) >= 11 is 6.17. The SMILES string of the molecule is Cc1nn(CC2CCC(CNC3CC3)O2)c(C)c1Cl. The van der Waals surface area contributed by atoms with E-state index in [2.05, 4.69) is 10.4 Å². The van der Waals surface area contributed by atoms with Gasteiger partial charge in [-0.1, -0.05) is 11.6 Å². The highest BCUT2D eigenvalue weighted by molar-refractivity contribution is 6.31. The lowest BCUT2D eigenvalue weighted by Gasteiger charge is -2.15. The van der Waals surface area contributed by atoms with Gasteiger partial charge in [0.1, 0.15) is 0 Å². The van der Waals surface area contributed by atoms with E-state index in [9.17, 15) is 0 Å².